The molecule has 0 aromatic heterocycles. The van der Waals surface area contributed by atoms with Crippen LogP contribution < -0.4 is 0 Å². The molecule has 0 spiro atoms. The molecular weight excluding hydrogens is 136 g/mol. The predicted octanol–water partition coefficient (Wildman–Crippen LogP) is 2.42. The first-order valence-corrected chi connectivity index (χ1v) is 4.41. The van der Waals surface area contributed by atoms with Gasteiger partial charge in [-0.15, -0.1) is 0 Å². The van der Waals surface area contributed by atoms with Gasteiger partial charge in [-0.2, -0.15) is 0 Å². The summed E-state index contributed by atoms with van der Waals surface area (Å²) in [5.41, 5.74) is 0. The summed E-state index contributed by atoms with van der Waals surface area (Å²) in [6.07, 6.45) is 7.75. The fourth-order valence-corrected chi connectivity index (χ4v) is 1.60. The first-order chi connectivity index (χ1) is 5.27. The Balaban J connectivity index is 2.59. The highest BCUT2D eigenvalue weighted by atomic mass is 16.1. The van der Waals surface area contributed by atoms with E-state index >= 15 is 0 Å². The molecule has 0 aromatic rings. The molecule has 1 rings (SSSR count). The zero-order chi connectivity index (χ0) is 8.27. The van der Waals surface area contributed by atoms with Gasteiger partial charge >= 0.3 is 0 Å². The Kier molecular flexibility index (Phi) is 2.86. The average molecular weight is 152 g/mol. The minimum atomic E-state index is 0.268. The zero-order valence-electron chi connectivity index (χ0n) is 7.29. The Hall–Kier alpha value is -0.590. The Morgan fingerprint density at radius 3 is 2.82 bits per heavy atom. The Labute approximate surface area is 68.5 Å². The molecule has 0 radical (unpaired) electrons. The fraction of sp³-hybridized carbons (Fsp3) is 0.700. The van der Waals surface area contributed by atoms with Crippen LogP contribution in [0.3, 0.4) is 0 Å². The molecule has 0 N–H and O–H groups in total. The van der Waals surface area contributed by atoms with Crippen molar-refractivity contribution in [3.8, 4) is 0 Å². The van der Waals surface area contributed by atoms with Crippen molar-refractivity contribution in [1.29, 1.82) is 0 Å². The minimum absolute atomic E-state index is 0.268. The van der Waals surface area contributed by atoms with Crippen LogP contribution in [0, 0.1) is 17.8 Å². The van der Waals surface area contributed by atoms with E-state index in [0.717, 1.165) is 19.1 Å². The van der Waals surface area contributed by atoms with Gasteiger partial charge in [0.25, 0.3) is 0 Å². The molecule has 0 saturated heterocycles. The number of allylic oxidation sites excluding steroid dienone is 2. The van der Waals surface area contributed by atoms with Crippen molar-refractivity contribution in [3.63, 3.8) is 0 Å². The highest BCUT2D eigenvalue weighted by Crippen LogP contribution is 2.28. The van der Waals surface area contributed by atoms with Crippen LogP contribution >= 0.6 is 0 Å². The molecule has 11 heavy (non-hydrogen) atoms. The van der Waals surface area contributed by atoms with Crippen molar-refractivity contribution in [3.05, 3.63) is 12.2 Å². The highest BCUT2D eigenvalue weighted by molar-refractivity contribution is 5.55. The van der Waals surface area contributed by atoms with Gasteiger partial charge in [0, 0.05) is 5.92 Å². The van der Waals surface area contributed by atoms with Crippen LogP contribution in [0.5, 0.6) is 0 Å². The first-order valence-electron chi connectivity index (χ1n) is 4.41. The Bertz CT molecular complexity index is 160. The Morgan fingerprint density at radius 2 is 2.27 bits per heavy atom. The predicted molar refractivity (Wildman–Crippen MR) is 46.3 cm³/mol. The van der Waals surface area contributed by atoms with Gasteiger partial charge in [0.1, 0.15) is 6.29 Å². The maximum atomic E-state index is 10.6. The third-order valence-corrected chi connectivity index (χ3v) is 2.64. The van der Waals surface area contributed by atoms with Crippen LogP contribution in [0.1, 0.15) is 26.7 Å². The molecule has 0 saturated carbocycles. The van der Waals surface area contributed by atoms with Crippen molar-refractivity contribution < 1.29 is 4.79 Å². The van der Waals surface area contributed by atoms with Gasteiger partial charge in [0.15, 0.2) is 0 Å². The van der Waals surface area contributed by atoms with Crippen LogP contribution in [0.4, 0.5) is 0 Å². The molecule has 0 amide bonds. The molecule has 0 bridgehead atoms. The van der Waals surface area contributed by atoms with E-state index in [-0.39, 0.29) is 5.92 Å². The first kappa shape index (κ1) is 8.51. The van der Waals surface area contributed by atoms with Gasteiger partial charge in [0.05, 0.1) is 0 Å². The molecule has 1 aliphatic carbocycles. The third kappa shape index (κ3) is 1.92. The molecule has 0 heterocycles. The number of aldehydes is 1. The molecule has 1 heteroatoms. The van der Waals surface area contributed by atoms with Crippen LogP contribution in [0.2, 0.25) is 0 Å². The van der Waals surface area contributed by atoms with Crippen molar-refractivity contribution in [1.82, 2.24) is 0 Å². The summed E-state index contributed by atoms with van der Waals surface area (Å²) >= 11 is 0. The molecule has 0 aliphatic heterocycles. The monoisotopic (exact) mass is 152 g/mol. The van der Waals surface area contributed by atoms with Gasteiger partial charge < -0.3 is 4.79 Å². The van der Waals surface area contributed by atoms with Crippen LogP contribution in [-0.4, -0.2) is 6.29 Å². The number of hydrogen-bond acceptors (Lipinski definition) is 1. The molecule has 3 atom stereocenters. The van der Waals surface area contributed by atoms with Crippen molar-refractivity contribution in [2.24, 2.45) is 17.8 Å². The minimum Gasteiger partial charge on any atom is -0.303 e. The number of hydrogen-bond donors (Lipinski definition) is 0. The number of carbonyl (C=O) groups is 1. The topological polar surface area (TPSA) is 17.1 Å². The van der Waals surface area contributed by atoms with Gasteiger partial charge in [-0.25, -0.2) is 0 Å². The van der Waals surface area contributed by atoms with E-state index in [4.69, 9.17) is 0 Å². The van der Waals surface area contributed by atoms with E-state index < -0.39 is 0 Å². The standard InChI is InChI=1S/C10H16O/c1-3-9-5-4-8(2)10(6-9)7-11/h4-5,7-10H,3,6H2,1-2H3. The second kappa shape index (κ2) is 3.70. The second-order valence-corrected chi connectivity index (χ2v) is 3.45. The van der Waals surface area contributed by atoms with Crippen molar-refractivity contribution in [2.45, 2.75) is 26.7 Å². The summed E-state index contributed by atoms with van der Waals surface area (Å²) < 4.78 is 0. The van der Waals surface area contributed by atoms with Gasteiger partial charge in [-0.1, -0.05) is 26.0 Å². The maximum Gasteiger partial charge on any atom is 0.123 e. The van der Waals surface area contributed by atoms with E-state index in [1.165, 1.54) is 0 Å². The van der Waals surface area contributed by atoms with E-state index in [1.807, 2.05) is 0 Å². The molecule has 0 aromatic carbocycles. The summed E-state index contributed by atoms with van der Waals surface area (Å²) in [7, 11) is 0. The zero-order valence-corrected chi connectivity index (χ0v) is 7.29. The number of carbonyl (C=O) groups excluding carboxylic acids is 1. The molecule has 1 aliphatic rings. The van der Waals surface area contributed by atoms with Gasteiger partial charge in [0.2, 0.25) is 0 Å². The van der Waals surface area contributed by atoms with Gasteiger partial charge in [-0.3, -0.25) is 0 Å². The van der Waals surface area contributed by atoms with E-state index in [2.05, 4.69) is 26.0 Å². The Morgan fingerprint density at radius 1 is 1.55 bits per heavy atom. The van der Waals surface area contributed by atoms with Gasteiger partial charge in [-0.05, 0) is 24.7 Å². The summed E-state index contributed by atoms with van der Waals surface area (Å²) in [6, 6.07) is 0. The molecular formula is C10H16O. The molecule has 3 unspecified atom stereocenters. The summed E-state index contributed by atoms with van der Waals surface area (Å²) in [5, 5.41) is 0. The van der Waals surface area contributed by atoms with Crippen LogP contribution in [0.15, 0.2) is 12.2 Å². The lowest BCUT2D eigenvalue weighted by atomic mass is 9.80. The molecule has 0 fully saturated rings. The lowest BCUT2D eigenvalue weighted by Gasteiger charge is -2.24. The van der Waals surface area contributed by atoms with Crippen molar-refractivity contribution >= 4 is 6.29 Å². The van der Waals surface area contributed by atoms with E-state index in [9.17, 15) is 4.79 Å². The largest absolute Gasteiger partial charge is 0.303 e. The smallest absolute Gasteiger partial charge is 0.123 e. The maximum absolute atomic E-state index is 10.6. The molecule has 1 nitrogen and oxygen atoms in total. The highest BCUT2D eigenvalue weighted by Gasteiger charge is 2.21. The fourth-order valence-electron chi connectivity index (χ4n) is 1.60. The average Bonchev–Trinajstić information content (AvgIpc) is 2.05. The van der Waals surface area contributed by atoms with Crippen LogP contribution in [0.25, 0.3) is 0 Å². The third-order valence-electron chi connectivity index (χ3n) is 2.64. The number of rotatable bonds is 2. The van der Waals surface area contributed by atoms with E-state index in [1.54, 1.807) is 0 Å². The lowest BCUT2D eigenvalue weighted by Crippen LogP contribution is -2.19. The SMILES string of the molecule is CCC1C=CC(C)C(C=O)C1. The normalized spacial score (nSPS) is 37.1. The molecule has 62 valence electrons. The summed E-state index contributed by atoms with van der Waals surface area (Å²) in [4.78, 5) is 10.6. The lowest BCUT2D eigenvalue weighted by molar-refractivity contribution is -0.112. The second-order valence-electron chi connectivity index (χ2n) is 3.45. The summed E-state index contributed by atoms with van der Waals surface area (Å²) in [6.45, 7) is 4.29. The van der Waals surface area contributed by atoms with E-state index in [0.29, 0.717) is 11.8 Å². The quantitative estimate of drug-likeness (QED) is 0.438. The van der Waals surface area contributed by atoms with Crippen LogP contribution in [-0.2, 0) is 4.79 Å². The summed E-state index contributed by atoms with van der Waals surface area (Å²) in [5.74, 6) is 1.36. The van der Waals surface area contributed by atoms with Crippen molar-refractivity contribution in [2.75, 3.05) is 0 Å².